The van der Waals surface area contributed by atoms with Crippen LogP contribution in [-0.4, -0.2) is 54.1 Å². The third-order valence-electron chi connectivity index (χ3n) is 5.18. The van der Waals surface area contributed by atoms with Crippen LogP contribution in [-0.2, 0) is 27.3 Å². The van der Waals surface area contributed by atoms with Crippen molar-refractivity contribution in [2.75, 3.05) is 32.6 Å². The predicted molar refractivity (Wildman–Crippen MR) is 143 cm³/mol. The van der Waals surface area contributed by atoms with E-state index in [9.17, 15) is 19.6 Å². The highest BCUT2D eigenvalue weighted by Gasteiger charge is 2.21. The summed E-state index contributed by atoms with van der Waals surface area (Å²) in [5.74, 6) is -0.733. The molecule has 0 bridgehead atoms. The maximum absolute atomic E-state index is 12.8. The van der Waals surface area contributed by atoms with Crippen LogP contribution in [0.4, 0.5) is 5.69 Å². The van der Waals surface area contributed by atoms with Gasteiger partial charge in [-0.25, -0.2) is 4.79 Å². The maximum Gasteiger partial charge on any atom is 0.351 e. The molecule has 10 heteroatoms. The van der Waals surface area contributed by atoms with Crippen molar-refractivity contribution in [3.05, 3.63) is 49.4 Å². The van der Waals surface area contributed by atoms with Gasteiger partial charge in [-0.3, -0.25) is 14.2 Å². The lowest BCUT2D eigenvalue weighted by Crippen LogP contribution is -2.50. The summed E-state index contributed by atoms with van der Waals surface area (Å²) in [6, 6.07) is 9.48. The topological polar surface area (TPSA) is 116 Å². The minimum atomic E-state index is -0.742. The molecule has 0 saturated carbocycles. The van der Waals surface area contributed by atoms with Crippen molar-refractivity contribution in [1.82, 2.24) is 14.8 Å². The van der Waals surface area contributed by atoms with Gasteiger partial charge in [0, 0.05) is 36.9 Å². The van der Waals surface area contributed by atoms with Gasteiger partial charge in [0.2, 0.25) is 5.91 Å². The third-order valence-corrected chi connectivity index (χ3v) is 6.31. The normalized spacial score (nSPS) is 12.8. The zero-order valence-corrected chi connectivity index (χ0v) is 22.6. The molecule has 0 aliphatic rings. The molecule has 194 valence electrons. The summed E-state index contributed by atoms with van der Waals surface area (Å²) < 4.78 is 6.98. The third kappa shape index (κ3) is 8.07. The van der Waals surface area contributed by atoms with E-state index in [0.717, 1.165) is 29.1 Å². The number of esters is 1. The number of anilines is 1. The largest absolute Gasteiger partial charge is 0.462 e. The van der Waals surface area contributed by atoms with Gasteiger partial charge in [-0.05, 0) is 65.9 Å². The Balaban J connectivity index is 2.13. The molecule has 0 aliphatic carbocycles. The van der Waals surface area contributed by atoms with Gasteiger partial charge in [0.25, 0.3) is 5.56 Å². The molecule has 0 spiro atoms. The minimum absolute atomic E-state index is 0.00875. The van der Waals surface area contributed by atoms with E-state index in [0.29, 0.717) is 23.9 Å². The summed E-state index contributed by atoms with van der Waals surface area (Å²) in [5, 5.41) is 15.6. The van der Waals surface area contributed by atoms with Gasteiger partial charge in [-0.1, -0.05) is 12.1 Å². The summed E-state index contributed by atoms with van der Waals surface area (Å²) in [7, 11) is 3.95. The number of rotatable bonds is 11. The van der Waals surface area contributed by atoms with E-state index in [2.05, 4.69) is 10.6 Å². The molecule has 1 heterocycles. The zero-order valence-electron chi connectivity index (χ0n) is 21.8. The Hall–Kier alpha value is -3.42. The molecule has 2 N–H and O–H groups in total. The fourth-order valence-corrected chi connectivity index (χ4v) is 4.90. The second kappa shape index (κ2) is 13.0. The number of nitriles is 1. The van der Waals surface area contributed by atoms with Crippen LogP contribution in [0, 0.1) is 11.3 Å². The lowest BCUT2D eigenvalue weighted by molar-refractivity contribution is -0.136. The molecule has 1 aromatic heterocycles. The van der Waals surface area contributed by atoms with Gasteiger partial charge in [-0.15, -0.1) is 11.3 Å². The highest BCUT2D eigenvalue weighted by molar-refractivity contribution is 7.07. The Kier molecular flexibility index (Phi) is 10.4. The molecule has 0 aliphatic heterocycles. The van der Waals surface area contributed by atoms with Crippen LogP contribution in [0.1, 0.15) is 39.7 Å². The summed E-state index contributed by atoms with van der Waals surface area (Å²) >= 11 is 1.06. The van der Waals surface area contributed by atoms with E-state index in [1.165, 1.54) is 4.57 Å². The number of benzene rings is 1. The molecule has 0 atom stereocenters. The first-order valence-corrected chi connectivity index (χ1v) is 12.7. The number of nitrogens with one attached hydrogen (secondary N) is 2. The average molecular weight is 514 g/mol. The number of nitrogens with zero attached hydrogens (tertiary/aromatic N) is 3. The van der Waals surface area contributed by atoms with Crippen molar-refractivity contribution < 1.29 is 14.3 Å². The van der Waals surface area contributed by atoms with Gasteiger partial charge in [0.15, 0.2) is 5.57 Å². The molecular weight excluding hydrogens is 478 g/mol. The summed E-state index contributed by atoms with van der Waals surface area (Å²) in [4.78, 5) is 39.3. The number of aryl methyl sites for hydroxylation is 1. The summed E-state index contributed by atoms with van der Waals surface area (Å²) in [6.07, 6.45) is 2.57. The Bertz CT molecular complexity index is 1280. The average Bonchev–Trinajstić information content (AvgIpc) is 3.11. The fraction of sp³-hybridized carbons (Fsp3) is 0.462. The fourth-order valence-electron chi connectivity index (χ4n) is 3.82. The number of carbonyl (C=O) groups excluding carboxylic acids is 2. The van der Waals surface area contributed by atoms with Crippen LogP contribution in [0.15, 0.2) is 29.1 Å². The van der Waals surface area contributed by atoms with Crippen molar-refractivity contribution in [1.29, 1.82) is 5.26 Å². The molecule has 36 heavy (non-hydrogen) atoms. The van der Waals surface area contributed by atoms with Gasteiger partial charge in [-0.2, -0.15) is 5.26 Å². The second-order valence-electron chi connectivity index (χ2n) is 9.18. The highest BCUT2D eigenvalue weighted by atomic mass is 32.1. The number of likely N-dealkylation sites (N-methyl/N-ethyl adjacent to an activating group) is 1. The monoisotopic (exact) mass is 513 g/mol. The first-order valence-electron chi connectivity index (χ1n) is 11.8. The number of carbonyl (C=O) groups is 2. The van der Waals surface area contributed by atoms with Gasteiger partial charge >= 0.3 is 5.97 Å². The van der Waals surface area contributed by atoms with E-state index in [-0.39, 0.29) is 33.8 Å². The lowest BCUT2D eigenvalue weighted by atomic mass is 10.0. The van der Waals surface area contributed by atoms with E-state index in [4.69, 9.17) is 4.74 Å². The number of hydrogen-bond acceptors (Lipinski definition) is 8. The number of hydrogen-bond donors (Lipinski definition) is 2. The number of amides is 1. The molecule has 2 aromatic rings. The first-order chi connectivity index (χ1) is 17.0. The maximum atomic E-state index is 12.8. The SMILES string of the molecule is CCOC(=O)C(C#N)=c1sc(=CNc2ccc(CCC(=O)NC(C)(C)CN(C)C)cc2)c(=O)n1CC. The van der Waals surface area contributed by atoms with Crippen LogP contribution in [0.3, 0.4) is 0 Å². The molecule has 2 rings (SSSR count). The van der Waals surface area contributed by atoms with E-state index in [1.54, 1.807) is 20.0 Å². The molecule has 1 aromatic carbocycles. The Morgan fingerprint density at radius 3 is 2.44 bits per heavy atom. The van der Waals surface area contributed by atoms with Crippen molar-refractivity contribution in [2.24, 2.45) is 0 Å². The highest BCUT2D eigenvalue weighted by Crippen LogP contribution is 2.12. The van der Waals surface area contributed by atoms with Gasteiger partial charge in [0.1, 0.15) is 15.3 Å². The quantitative estimate of drug-likeness (QED) is 0.437. The number of aromatic nitrogens is 1. The van der Waals surface area contributed by atoms with Gasteiger partial charge in [0.05, 0.1) is 6.61 Å². The molecule has 0 unspecified atom stereocenters. The minimum Gasteiger partial charge on any atom is -0.462 e. The second-order valence-corrected chi connectivity index (χ2v) is 10.2. The Morgan fingerprint density at radius 1 is 1.22 bits per heavy atom. The molecule has 0 fully saturated rings. The Labute approximate surface area is 215 Å². The standard InChI is InChI=1S/C26H35N5O4S/c1-7-31-23(33)21(36-24(31)20(15-27)25(34)35-8-2)16-28-19-12-9-18(10-13-19)11-14-22(32)29-26(3,4)17-30(5)6/h9-10,12-13,16,28H,7-8,11,14,17H2,1-6H3,(H,29,32). The molecule has 0 radical (unpaired) electrons. The lowest BCUT2D eigenvalue weighted by Gasteiger charge is -2.29. The van der Waals surface area contributed by atoms with Crippen molar-refractivity contribution in [2.45, 2.75) is 52.6 Å². The summed E-state index contributed by atoms with van der Waals surface area (Å²) in [6.45, 7) is 8.65. The molecule has 9 nitrogen and oxygen atoms in total. The molecule has 0 saturated heterocycles. The van der Waals surface area contributed by atoms with Crippen LogP contribution in [0.25, 0.3) is 11.8 Å². The molecular formula is C26H35N5O4S. The zero-order chi connectivity index (χ0) is 26.9. The van der Waals surface area contributed by atoms with Crippen molar-refractivity contribution in [3.63, 3.8) is 0 Å². The predicted octanol–water partition coefficient (Wildman–Crippen LogP) is 1.41. The number of thiazole rings is 1. The van der Waals surface area contributed by atoms with Crippen LogP contribution in [0.5, 0.6) is 0 Å². The van der Waals surface area contributed by atoms with E-state index >= 15 is 0 Å². The smallest absolute Gasteiger partial charge is 0.351 e. The van der Waals surface area contributed by atoms with E-state index in [1.807, 2.05) is 63.2 Å². The summed E-state index contributed by atoms with van der Waals surface area (Å²) in [5.41, 5.74) is 1.02. The number of ether oxygens (including phenoxy) is 1. The van der Waals surface area contributed by atoms with Crippen molar-refractivity contribution >= 4 is 40.7 Å². The van der Waals surface area contributed by atoms with E-state index < -0.39 is 5.97 Å². The first kappa shape index (κ1) is 28.8. The van der Waals surface area contributed by atoms with Gasteiger partial charge < -0.3 is 20.3 Å². The molecule has 1 amide bonds. The van der Waals surface area contributed by atoms with Crippen LogP contribution in [0.2, 0.25) is 0 Å². The van der Waals surface area contributed by atoms with Crippen LogP contribution >= 0.6 is 11.3 Å². The Morgan fingerprint density at radius 2 is 1.89 bits per heavy atom. The van der Waals surface area contributed by atoms with Crippen molar-refractivity contribution in [3.8, 4) is 6.07 Å². The van der Waals surface area contributed by atoms with Crippen LogP contribution < -0.4 is 25.4 Å².